The summed E-state index contributed by atoms with van der Waals surface area (Å²) in [5, 5.41) is 5.48. The van der Waals surface area contributed by atoms with Crippen LogP contribution < -0.4 is 10.6 Å². The van der Waals surface area contributed by atoms with E-state index >= 15 is 0 Å². The first-order chi connectivity index (χ1) is 10.6. The number of nitrogens with one attached hydrogen (secondary N) is 2. The molecule has 0 aliphatic rings. The van der Waals surface area contributed by atoms with Gasteiger partial charge in [0, 0.05) is 10.9 Å². The lowest BCUT2D eigenvalue weighted by Gasteiger charge is -2.18. The molecule has 112 valence electrons. The number of hydrogen-bond donors (Lipinski definition) is 2. The molecular weight excluding hydrogens is 347 g/mol. The minimum atomic E-state index is -0.406. The highest BCUT2D eigenvalue weighted by Crippen LogP contribution is 2.23. The van der Waals surface area contributed by atoms with Crippen molar-refractivity contribution in [3.8, 4) is 12.3 Å². The van der Waals surface area contributed by atoms with Gasteiger partial charge in [0.15, 0.2) is 0 Å². The van der Waals surface area contributed by atoms with Crippen molar-refractivity contribution in [3.63, 3.8) is 0 Å². The van der Waals surface area contributed by atoms with Gasteiger partial charge < -0.3 is 10.6 Å². The quantitative estimate of drug-likeness (QED) is 0.775. The summed E-state index contributed by atoms with van der Waals surface area (Å²) in [5.41, 5.74) is 1.40. The van der Waals surface area contributed by atoms with Crippen molar-refractivity contribution < 1.29 is 9.18 Å². The Labute approximate surface area is 137 Å². The molecule has 0 unspecified atom stereocenters. The van der Waals surface area contributed by atoms with Crippen LogP contribution in [0, 0.1) is 18.2 Å². The summed E-state index contributed by atoms with van der Waals surface area (Å²) in [4.78, 5) is 12.1. The molecule has 0 spiro atoms. The topological polar surface area (TPSA) is 41.1 Å². The highest BCUT2D eigenvalue weighted by atomic mass is 79.9. The minimum Gasteiger partial charge on any atom is -0.330 e. The standard InChI is InChI=1S/C17H14BrFN2O/c1-2-6-15(12-7-4-3-5-8-12)20-17(22)21-16-10-9-13(19)11-14(16)18/h1,3-5,7-11,15H,6H2,(H2,20,21,22)/t15-/m1/s1. The zero-order valence-corrected chi connectivity index (χ0v) is 13.2. The number of anilines is 1. The Bertz CT molecular complexity index is 698. The summed E-state index contributed by atoms with van der Waals surface area (Å²) in [7, 11) is 0. The molecule has 5 heteroatoms. The van der Waals surface area contributed by atoms with E-state index < -0.39 is 6.03 Å². The van der Waals surface area contributed by atoms with Gasteiger partial charge in [-0.15, -0.1) is 12.3 Å². The number of urea groups is 1. The minimum absolute atomic E-state index is 0.287. The van der Waals surface area contributed by atoms with Crippen LogP contribution in [0.3, 0.4) is 0 Å². The van der Waals surface area contributed by atoms with Crippen molar-refractivity contribution in [3.05, 3.63) is 64.4 Å². The van der Waals surface area contributed by atoms with E-state index in [0.717, 1.165) is 5.56 Å². The van der Waals surface area contributed by atoms with Gasteiger partial charge in [-0.2, -0.15) is 0 Å². The first-order valence-electron chi connectivity index (χ1n) is 6.61. The Morgan fingerprint density at radius 3 is 2.64 bits per heavy atom. The Morgan fingerprint density at radius 2 is 2.00 bits per heavy atom. The molecule has 0 aliphatic carbocycles. The van der Waals surface area contributed by atoms with Gasteiger partial charge in [-0.25, -0.2) is 9.18 Å². The molecule has 2 amide bonds. The third-order valence-corrected chi connectivity index (χ3v) is 3.66. The second-order valence-electron chi connectivity index (χ2n) is 4.59. The van der Waals surface area contributed by atoms with Crippen LogP contribution in [-0.2, 0) is 0 Å². The smallest absolute Gasteiger partial charge is 0.319 e. The number of carbonyl (C=O) groups excluding carboxylic acids is 1. The molecule has 2 N–H and O–H groups in total. The maximum absolute atomic E-state index is 13.0. The van der Waals surface area contributed by atoms with Crippen LogP contribution >= 0.6 is 15.9 Å². The summed E-state index contributed by atoms with van der Waals surface area (Å²) in [6, 6.07) is 12.8. The van der Waals surface area contributed by atoms with Crippen molar-refractivity contribution in [1.29, 1.82) is 0 Å². The Hall–Kier alpha value is -2.32. The first kappa shape index (κ1) is 16.1. The third kappa shape index (κ3) is 4.34. The number of halogens is 2. The number of benzene rings is 2. The molecule has 0 fully saturated rings. The van der Waals surface area contributed by atoms with Crippen molar-refractivity contribution in [2.24, 2.45) is 0 Å². The van der Waals surface area contributed by atoms with E-state index in [1.54, 1.807) is 0 Å². The highest BCUT2D eigenvalue weighted by Gasteiger charge is 2.14. The number of carbonyl (C=O) groups is 1. The number of amides is 2. The average molecular weight is 361 g/mol. The molecular formula is C17H14BrFN2O. The van der Waals surface area contributed by atoms with Crippen LogP contribution in [0.2, 0.25) is 0 Å². The molecule has 1 atom stereocenters. The molecule has 0 radical (unpaired) electrons. The normalized spacial score (nSPS) is 11.3. The van der Waals surface area contributed by atoms with Gasteiger partial charge in [0.1, 0.15) is 5.82 Å². The molecule has 0 bridgehead atoms. The van der Waals surface area contributed by atoms with E-state index in [4.69, 9.17) is 6.42 Å². The van der Waals surface area contributed by atoms with Crippen LogP contribution in [0.5, 0.6) is 0 Å². The summed E-state index contributed by atoms with van der Waals surface area (Å²) in [6.07, 6.45) is 5.74. The molecule has 0 saturated heterocycles. The number of rotatable bonds is 4. The van der Waals surface area contributed by atoms with E-state index in [2.05, 4.69) is 32.5 Å². The van der Waals surface area contributed by atoms with E-state index in [-0.39, 0.29) is 11.9 Å². The summed E-state index contributed by atoms with van der Waals surface area (Å²) in [5.74, 6) is 2.17. The Kier molecular flexibility index (Phi) is 5.56. The predicted octanol–water partition coefficient (Wildman–Crippen LogP) is 4.47. The van der Waals surface area contributed by atoms with Crippen molar-refractivity contribution in [2.45, 2.75) is 12.5 Å². The highest BCUT2D eigenvalue weighted by molar-refractivity contribution is 9.10. The fourth-order valence-corrected chi connectivity index (χ4v) is 2.41. The zero-order chi connectivity index (χ0) is 15.9. The lowest BCUT2D eigenvalue weighted by molar-refractivity contribution is 0.248. The van der Waals surface area contributed by atoms with E-state index in [9.17, 15) is 9.18 Å². The maximum Gasteiger partial charge on any atom is 0.319 e. The first-order valence-corrected chi connectivity index (χ1v) is 7.40. The van der Waals surface area contributed by atoms with Gasteiger partial charge in [0.25, 0.3) is 0 Å². The number of hydrogen-bond acceptors (Lipinski definition) is 1. The Morgan fingerprint density at radius 1 is 1.27 bits per heavy atom. The third-order valence-electron chi connectivity index (χ3n) is 3.01. The fraction of sp³-hybridized carbons (Fsp3) is 0.118. The van der Waals surface area contributed by atoms with Crippen LogP contribution in [0.1, 0.15) is 18.0 Å². The van der Waals surface area contributed by atoms with Gasteiger partial charge in [-0.05, 0) is 39.7 Å². The van der Waals surface area contributed by atoms with Crippen LogP contribution in [0.15, 0.2) is 53.0 Å². The molecule has 2 rings (SSSR count). The van der Waals surface area contributed by atoms with E-state index in [0.29, 0.717) is 16.6 Å². The van der Waals surface area contributed by atoms with Crippen LogP contribution in [-0.4, -0.2) is 6.03 Å². The molecule has 2 aromatic carbocycles. The monoisotopic (exact) mass is 360 g/mol. The average Bonchev–Trinajstić information content (AvgIpc) is 2.50. The van der Waals surface area contributed by atoms with E-state index in [1.165, 1.54) is 18.2 Å². The maximum atomic E-state index is 13.0. The lowest BCUT2D eigenvalue weighted by Crippen LogP contribution is -2.32. The van der Waals surface area contributed by atoms with Crippen LogP contribution in [0.4, 0.5) is 14.9 Å². The van der Waals surface area contributed by atoms with Gasteiger partial charge in [0.05, 0.1) is 11.7 Å². The molecule has 0 aliphatic heterocycles. The fourth-order valence-electron chi connectivity index (χ4n) is 1.96. The van der Waals surface area contributed by atoms with Crippen molar-refractivity contribution >= 4 is 27.6 Å². The van der Waals surface area contributed by atoms with Gasteiger partial charge in [0.2, 0.25) is 0 Å². The molecule has 0 saturated carbocycles. The summed E-state index contributed by atoms with van der Waals surface area (Å²) < 4.78 is 13.5. The van der Waals surface area contributed by atoms with Gasteiger partial charge in [-0.3, -0.25) is 0 Å². The molecule has 2 aromatic rings. The SMILES string of the molecule is C#CC[C@@H](NC(=O)Nc1ccc(F)cc1Br)c1ccccc1. The Balaban J connectivity index is 2.07. The van der Waals surface area contributed by atoms with Gasteiger partial charge >= 0.3 is 6.03 Å². The zero-order valence-electron chi connectivity index (χ0n) is 11.6. The molecule has 0 heterocycles. The van der Waals surface area contributed by atoms with Crippen molar-refractivity contribution in [2.75, 3.05) is 5.32 Å². The summed E-state index contributed by atoms with van der Waals surface area (Å²) >= 11 is 3.20. The largest absolute Gasteiger partial charge is 0.330 e. The van der Waals surface area contributed by atoms with Gasteiger partial charge in [-0.1, -0.05) is 30.3 Å². The lowest BCUT2D eigenvalue weighted by atomic mass is 10.0. The molecule has 22 heavy (non-hydrogen) atoms. The second-order valence-corrected chi connectivity index (χ2v) is 5.45. The molecule has 0 aromatic heterocycles. The summed E-state index contributed by atoms with van der Waals surface area (Å²) in [6.45, 7) is 0. The second kappa shape index (κ2) is 7.62. The molecule has 3 nitrogen and oxygen atoms in total. The predicted molar refractivity (Wildman–Crippen MR) is 88.9 cm³/mol. The van der Waals surface area contributed by atoms with Crippen LogP contribution in [0.25, 0.3) is 0 Å². The van der Waals surface area contributed by atoms with Crippen molar-refractivity contribution in [1.82, 2.24) is 5.32 Å². The number of terminal acetylenes is 1. The van der Waals surface area contributed by atoms with E-state index in [1.807, 2.05) is 30.3 Å².